The number of nitrogens with zero attached hydrogens (tertiary/aromatic N) is 2. The Labute approximate surface area is 192 Å². The number of aromatic nitrogens is 1. The standard InChI is InChI=1S/C23H21F3N2O4S/c1-14-7-8-15(2)20(9-14)31-12-21(30)32-11-18-13-33-22(27-18)28(16(3)29)19-6-4-5-17(10-19)23(24,25)26/h4-10,13H,11-12H2,1-3H3. The second-order valence-corrected chi connectivity index (χ2v) is 8.08. The molecular weight excluding hydrogens is 457 g/mol. The summed E-state index contributed by atoms with van der Waals surface area (Å²) in [6.07, 6.45) is -4.54. The summed E-state index contributed by atoms with van der Waals surface area (Å²) < 4.78 is 49.8. The fraction of sp³-hybridized carbons (Fsp3) is 0.261. The van der Waals surface area contributed by atoms with Crippen LogP contribution in [0.4, 0.5) is 24.0 Å². The number of hydrogen-bond acceptors (Lipinski definition) is 6. The second kappa shape index (κ2) is 10.0. The summed E-state index contributed by atoms with van der Waals surface area (Å²) in [7, 11) is 0. The summed E-state index contributed by atoms with van der Waals surface area (Å²) in [5.74, 6) is -0.526. The van der Waals surface area contributed by atoms with E-state index < -0.39 is 23.6 Å². The van der Waals surface area contributed by atoms with E-state index >= 15 is 0 Å². The van der Waals surface area contributed by atoms with Gasteiger partial charge in [-0.2, -0.15) is 13.2 Å². The number of anilines is 2. The summed E-state index contributed by atoms with van der Waals surface area (Å²) in [4.78, 5) is 29.5. The minimum absolute atomic E-state index is 0.0390. The van der Waals surface area contributed by atoms with Crippen molar-refractivity contribution in [2.45, 2.75) is 33.6 Å². The Bertz CT molecular complexity index is 1160. The molecule has 0 saturated heterocycles. The average Bonchev–Trinajstić information content (AvgIpc) is 3.20. The Morgan fingerprint density at radius 3 is 2.58 bits per heavy atom. The molecule has 3 rings (SSSR count). The van der Waals surface area contributed by atoms with Crippen LogP contribution in [0.15, 0.2) is 47.8 Å². The van der Waals surface area contributed by atoms with Crippen molar-refractivity contribution in [3.8, 4) is 5.75 Å². The highest BCUT2D eigenvalue weighted by Crippen LogP contribution is 2.35. The summed E-state index contributed by atoms with van der Waals surface area (Å²) >= 11 is 1.05. The number of rotatable bonds is 7. The van der Waals surface area contributed by atoms with E-state index in [0.29, 0.717) is 11.4 Å². The van der Waals surface area contributed by atoms with Gasteiger partial charge in [-0.05, 0) is 49.2 Å². The van der Waals surface area contributed by atoms with Gasteiger partial charge in [-0.15, -0.1) is 11.3 Å². The van der Waals surface area contributed by atoms with Crippen LogP contribution >= 0.6 is 11.3 Å². The third-order valence-corrected chi connectivity index (χ3v) is 5.42. The lowest BCUT2D eigenvalue weighted by Crippen LogP contribution is -2.23. The predicted molar refractivity (Wildman–Crippen MR) is 118 cm³/mol. The van der Waals surface area contributed by atoms with Gasteiger partial charge in [-0.25, -0.2) is 9.78 Å². The van der Waals surface area contributed by atoms with Gasteiger partial charge >= 0.3 is 12.1 Å². The van der Waals surface area contributed by atoms with Gasteiger partial charge in [0.25, 0.3) is 0 Å². The van der Waals surface area contributed by atoms with E-state index in [0.717, 1.165) is 39.5 Å². The minimum Gasteiger partial charge on any atom is -0.482 e. The van der Waals surface area contributed by atoms with Crippen LogP contribution in [0.25, 0.3) is 0 Å². The maximum absolute atomic E-state index is 13.1. The molecule has 0 radical (unpaired) electrons. The first kappa shape index (κ1) is 24.2. The van der Waals surface area contributed by atoms with E-state index in [2.05, 4.69) is 4.98 Å². The van der Waals surface area contributed by atoms with Crippen molar-refractivity contribution in [1.82, 2.24) is 4.98 Å². The van der Waals surface area contributed by atoms with Gasteiger partial charge in [-0.3, -0.25) is 9.69 Å². The van der Waals surface area contributed by atoms with Crippen molar-refractivity contribution in [1.29, 1.82) is 0 Å². The molecule has 0 fully saturated rings. The first-order valence-electron chi connectivity index (χ1n) is 9.82. The van der Waals surface area contributed by atoms with Gasteiger partial charge in [-0.1, -0.05) is 18.2 Å². The Balaban J connectivity index is 1.65. The minimum atomic E-state index is -4.54. The van der Waals surface area contributed by atoms with Crippen LogP contribution in [-0.2, 0) is 27.1 Å². The molecule has 6 nitrogen and oxygen atoms in total. The van der Waals surface area contributed by atoms with Crippen LogP contribution in [0.2, 0.25) is 0 Å². The van der Waals surface area contributed by atoms with E-state index in [1.54, 1.807) is 5.38 Å². The van der Waals surface area contributed by atoms with Crippen LogP contribution < -0.4 is 9.64 Å². The van der Waals surface area contributed by atoms with E-state index in [1.807, 2.05) is 32.0 Å². The van der Waals surface area contributed by atoms with E-state index in [9.17, 15) is 22.8 Å². The van der Waals surface area contributed by atoms with Crippen LogP contribution in [0.1, 0.15) is 29.3 Å². The van der Waals surface area contributed by atoms with Crippen molar-refractivity contribution < 1.29 is 32.2 Å². The highest BCUT2D eigenvalue weighted by Gasteiger charge is 2.31. The first-order chi connectivity index (χ1) is 15.5. The number of amides is 1. The Morgan fingerprint density at radius 2 is 1.88 bits per heavy atom. The topological polar surface area (TPSA) is 68.7 Å². The molecule has 0 unspecified atom stereocenters. The van der Waals surface area contributed by atoms with Gasteiger partial charge in [0, 0.05) is 12.3 Å². The van der Waals surface area contributed by atoms with Crippen LogP contribution in [0, 0.1) is 13.8 Å². The molecule has 0 N–H and O–H groups in total. The van der Waals surface area contributed by atoms with E-state index in [-0.39, 0.29) is 24.0 Å². The predicted octanol–water partition coefficient (Wildman–Crippen LogP) is 5.59. The number of esters is 1. The average molecular weight is 478 g/mol. The highest BCUT2D eigenvalue weighted by molar-refractivity contribution is 7.14. The molecule has 1 amide bonds. The van der Waals surface area contributed by atoms with Crippen LogP contribution in [0.5, 0.6) is 5.75 Å². The molecular formula is C23H21F3N2O4S. The van der Waals surface area contributed by atoms with Gasteiger partial charge in [0.1, 0.15) is 12.4 Å². The van der Waals surface area contributed by atoms with Gasteiger partial charge in [0.2, 0.25) is 5.91 Å². The second-order valence-electron chi connectivity index (χ2n) is 7.24. The lowest BCUT2D eigenvalue weighted by Gasteiger charge is -2.19. The van der Waals surface area contributed by atoms with Crippen molar-refractivity contribution in [3.05, 3.63) is 70.2 Å². The van der Waals surface area contributed by atoms with Crippen molar-refractivity contribution >= 4 is 34.0 Å². The lowest BCUT2D eigenvalue weighted by atomic mass is 10.1. The number of hydrogen-bond donors (Lipinski definition) is 0. The molecule has 0 aliphatic rings. The third-order valence-electron chi connectivity index (χ3n) is 4.55. The number of benzene rings is 2. The summed E-state index contributed by atoms with van der Waals surface area (Å²) in [5, 5.41) is 1.73. The number of carbonyl (C=O) groups excluding carboxylic acids is 2. The number of carbonyl (C=O) groups is 2. The molecule has 0 spiro atoms. The zero-order valence-electron chi connectivity index (χ0n) is 18.1. The quantitative estimate of drug-likeness (QED) is 0.415. The molecule has 0 aliphatic heterocycles. The van der Waals surface area contributed by atoms with Crippen molar-refractivity contribution in [2.24, 2.45) is 0 Å². The number of ether oxygens (including phenoxy) is 2. The molecule has 0 saturated carbocycles. The number of alkyl halides is 3. The molecule has 0 atom stereocenters. The maximum atomic E-state index is 13.1. The molecule has 0 bridgehead atoms. The van der Waals surface area contributed by atoms with Crippen molar-refractivity contribution in [3.63, 3.8) is 0 Å². The van der Waals surface area contributed by atoms with Gasteiger partial charge in [0.15, 0.2) is 11.7 Å². The number of halogens is 3. The lowest BCUT2D eigenvalue weighted by molar-refractivity contribution is -0.147. The number of aryl methyl sites for hydroxylation is 2. The van der Waals surface area contributed by atoms with Crippen LogP contribution in [0.3, 0.4) is 0 Å². The maximum Gasteiger partial charge on any atom is 0.416 e. The monoisotopic (exact) mass is 478 g/mol. The molecule has 1 aromatic heterocycles. The molecule has 174 valence electrons. The highest BCUT2D eigenvalue weighted by atomic mass is 32.1. The van der Waals surface area contributed by atoms with E-state index in [1.165, 1.54) is 19.1 Å². The van der Waals surface area contributed by atoms with E-state index in [4.69, 9.17) is 9.47 Å². The molecule has 10 heteroatoms. The summed E-state index contributed by atoms with van der Waals surface area (Å²) in [6, 6.07) is 10.1. The largest absolute Gasteiger partial charge is 0.482 e. The van der Waals surface area contributed by atoms with Crippen LogP contribution in [-0.4, -0.2) is 23.5 Å². The molecule has 33 heavy (non-hydrogen) atoms. The molecule has 3 aromatic rings. The van der Waals surface area contributed by atoms with Crippen molar-refractivity contribution in [2.75, 3.05) is 11.5 Å². The van der Waals surface area contributed by atoms with Gasteiger partial charge < -0.3 is 9.47 Å². The first-order valence-corrected chi connectivity index (χ1v) is 10.7. The fourth-order valence-corrected chi connectivity index (χ4v) is 3.78. The molecule has 2 aromatic carbocycles. The normalized spacial score (nSPS) is 11.2. The third kappa shape index (κ3) is 6.32. The Hall–Kier alpha value is -3.40. The fourth-order valence-electron chi connectivity index (χ4n) is 2.91. The zero-order valence-corrected chi connectivity index (χ0v) is 18.9. The zero-order chi connectivity index (χ0) is 24.2. The molecule has 1 heterocycles. The Morgan fingerprint density at radius 1 is 1.12 bits per heavy atom. The number of thiazole rings is 1. The molecule has 0 aliphatic carbocycles. The van der Waals surface area contributed by atoms with Gasteiger partial charge in [0.05, 0.1) is 16.9 Å². The summed E-state index contributed by atoms with van der Waals surface area (Å²) in [5.41, 5.74) is 1.40. The summed E-state index contributed by atoms with van der Waals surface area (Å²) in [6.45, 7) is 4.55. The smallest absolute Gasteiger partial charge is 0.416 e. The Kier molecular flexibility index (Phi) is 7.37. The SMILES string of the molecule is CC(=O)N(c1cccc(C(F)(F)F)c1)c1nc(COC(=O)COc2cc(C)ccc2C)cs1.